The third-order valence-corrected chi connectivity index (χ3v) is 4.32. The molecule has 2 fully saturated rings. The molecule has 2 aliphatic carbocycles. The van der Waals surface area contributed by atoms with Gasteiger partial charge in [0.15, 0.2) is 5.69 Å². The molecule has 0 atom stereocenters. The summed E-state index contributed by atoms with van der Waals surface area (Å²) >= 11 is 0. The number of pyridine rings is 1. The molecule has 0 aliphatic heterocycles. The number of carbonyl (C=O) groups is 1. The van der Waals surface area contributed by atoms with E-state index in [1.54, 1.807) is 6.07 Å². The summed E-state index contributed by atoms with van der Waals surface area (Å²) in [7, 11) is 0. The van der Waals surface area contributed by atoms with Crippen LogP contribution in [-0.4, -0.2) is 22.1 Å². The molecule has 2 aliphatic rings. The maximum atomic E-state index is 10.8. The zero-order valence-corrected chi connectivity index (χ0v) is 10.4. The molecule has 1 aromatic heterocycles. The van der Waals surface area contributed by atoms with Crippen LogP contribution in [0.4, 0.5) is 5.82 Å². The van der Waals surface area contributed by atoms with Crippen LogP contribution < -0.4 is 5.32 Å². The normalized spacial score (nSPS) is 21.8. The Kier molecular flexibility index (Phi) is 2.73. The summed E-state index contributed by atoms with van der Waals surface area (Å²) in [5.41, 5.74) is 0.795. The van der Waals surface area contributed by atoms with Gasteiger partial charge >= 0.3 is 5.97 Å². The molecule has 2 N–H and O–H groups in total. The minimum Gasteiger partial charge on any atom is -0.477 e. The molecule has 4 heteroatoms. The van der Waals surface area contributed by atoms with E-state index >= 15 is 0 Å². The number of anilines is 1. The highest BCUT2D eigenvalue weighted by Gasteiger charge is 2.44. The molecule has 1 spiro atoms. The number of hydrogen-bond donors (Lipinski definition) is 2. The molecule has 0 radical (unpaired) electrons. The van der Waals surface area contributed by atoms with Gasteiger partial charge in [-0.15, -0.1) is 0 Å². The number of rotatable bonds is 3. The number of aromatic carboxylic acids is 1. The molecule has 0 unspecified atom stereocenters. The molecule has 96 valence electrons. The minimum atomic E-state index is -0.973. The Morgan fingerprint density at radius 3 is 2.61 bits per heavy atom. The SMILES string of the molecule is O=C(O)c1cccc(NC2CCC3(CC2)CC3)n1. The van der Waals surface area contributed by atoms with Crippen LogP contribution in [0.5, 0.6) is 0 Å². The first kappa shape index (κ1) is 11.5. The molecule has 1 aromatic rings. The monoisotopic (exact) mass is 246 g/mol. The Morgan fingerprint density at radius 2 is 2.00 bits per heavy atom. The Hall–Kier alpha value is -1.58. The summed E-state index contributed by atoms with van der Waals surface area (Å²) in [5, 5.41) is 12.3. The number of nitrogens with zero attached hydrogens (tertiary/aromatic N) is 1. The van der Waals surface area contributed by atoms with Gasteiger partial charge < -0.3 is 10.4 Å². The maximum absolute atomic E-state index is 10.8. The largest absolute Gasteiger partial charge is 0.477 e. The van der Waals surface area contributed by atoms with Crippen molar-refractivity contribution in [3.63, 3.8) is 0 Å². The van der Waals surface area contributed by atoms with Gasteiger partial charge in [-0.3, -0.25) is 0 Å². The summed E-state index contributed by atoms with van der Waals surface area (Å²) in [6.07, 6.45) is 7.80. The standard InChI is InChI=1S/C14H18N2O2/c17-13(18)11-2-1-3-12(16-11)15-10-4-6-14(7-5-10)8-9-14/h1-3,10H,4-9H2,(H,15,16)(H,17,18). The quantitative estimate of drug-likeness (QED) is 0.860. The van der Waals surface area contributed by atoms with Crippen LogP contribution in [0.3, 0.4) is 0 Å². The molecule has 0 saturated heterocycles. The van der Waals surface area contributed by atoms with Crippen LogP contribution in [0, 0.1) is 5.41 Å². The van der Waals surface area contributed by atoms with Gasteiger partial charge in [0.2, 0.25) is 0 Å². The lowest BCUT2D eigenvalue weighted by molar-refractivity contribution is 0.0690. The Bertz CT molecular complexity index is 459. The van der Waals surface area contributed by atoms with E-state index < -0.39 is 5.97 Å². The summed E-state index contributed by atoms with van der Waals surface area (Å²) in [5.74, 6) is -0.286. The molecule has 1 heterocycles. The van der Waals surface area contributed by atoms with Gasteiger partial charge in [-0.2, -0.15) is 0 Å². The maximum Gasteiger partial charge on any atom is 0.354 e. The topological polar surface area (TPSA) is 62.2 Å². The van der Waals surface area contributed by atoms with E-state index in [0.29, 0.717) is 17.3 Å². The Labute approximate surface area is 106 Å². The van der Waals surface area contributed by atoms with E-state index in [9.17, 15) is 4.79 Å². The van der Waals surface area contributed by atoms with Crippen molar-refractivity contribution in [2.24, 2.45) is 5.41 Å². The second-order valence-electron chi connectivity index (χ2n) is 5.63. The van der Waals surface area contributed by atoms with E-state index in [2.05, 4.69) is 10.3 Å². The molecular formula is C14H18N2O2. The summed E-state index contributed by atoms with van der Waals surface area (Å²) in [4.78, 5) is 15.0. The molecule has 4 nitrogen and oxygen atoms in total. The second-order valence-corrected chi connectivity index (χ2v) is 5.63. The van der Waals surface area contributed by atoms with Crippen molar-refractivity contribution in [1.29, 1.82) is 0 Å². The Morgan fingerprint density at radius 1 is 1.28 bits per heavy atom. The number of carboxylic acids is 1. The average molecular weight is 246 g/mol. The summed E-state index contributed by atoms with van der Waals surface area (Å²) in [6, 6.07) is 5.55. The van der Waals surface area contributed by atoms with Crippen molar-refractivity contribution in [1.82, 2.24) is 4.98 Å². The van der Waals surface area contributed by atoms with Crippen molar-refractivity contribution in [2.75, 3.05) is 5.32 Å². The van der Waals surface area contributed by atoms with Crippen LogP contribution >= 0.6 is 0 Å². The lowest BCUT2D eigenvalue weighted by Gasteiger charge is -2.29. The van der Waals surface area contributed by atoms with E-state index in [4.69, 9.17) is 5.11 Å². The summed E-state index contributed by atoms with van der Waals surface area (Å²) in [6.45, 7) is 0. The fraction of sp³-hybridized carbons (Fsp3) is 0.571. The van der Waals surface area contributed by atoms with Gasteiger partial charge in [-0.1, -0.05) is 6.07 Å². The average Bonchev–Trinajstić information content (AvgIpc) is 3.13. The van der Waals surface area contributed by atoms with Crippen molar-refractivity contribution < 1.29 is 9.90 Å². The first-order valence-electron chi connectivity index (χ1n) is 6.64. The fourth-order valence-electron chi connectivity index (χ4n) is 2.89. The van der Waals surface area contributed by atoms with Crippen molar-refractivity contribution >= 4 is 11.8 Å². The van der Waals surface area contributed by atoms with Crippen molar-refractivity contribution in [3.05, 3.63) is 23.9 Å². The molecule has 2 saturated carbocycles. The zero-order valence-electron chi connectivity index (χ0n) is 10.4. The highest BCUT2D eigenvalue weighted by atomic mass is 16.4. The fourth-order valence-corrected chi connectivity index (χ4v) is 2.89. The molecule has 0 bridgehead atoms. The van der Waals surface area contributed by atoms with Crippen molar-refractivity contribution in [3.8, 4) is 0 Å². The number of aromatic nitrogens is 1. The predicted molar refractivity (Wildman–Crippen MR) is 68.7 cm³/mol. The van der Waals surface area contributed by atoms with Crippen LogP contribution in [0.25, 0.3) is 0 Å². The van der Waals surface area contributed by atoms with E-state index in [1.165, 1.54) is 44.6 Å². The molecule has 0 aromatic carbocycles. The number of hydrogen-bond acceptors (Lipinski definition) is 3. The van der Waals surface area contributed by atoms with Crippen LogP contribution in [-0.2, 0) is 0 Å². The van der Waals surface area contributed by atoms with Gasteiger partial charge in [0.1, 0.15) is 5.82 Å². The summed E-state index contributed by atoms with van der Waals surface area (Å²) < 4.78 is 0. The van der Waals surface area contributed by atoms with Gasteiger partial charge in [0, 0.05) is 6.04 Å². The van der Waals surface area contributed by atoms with E-state index in [1.807, 2.05) is 6.07 Å². The van der Waals surface area contributed by atoms with Crippen LogP contribution in [0.2, 0.25) is 0 Å². The number of nitrogens with one attached hydrogen (secondary N) is 1. The van der Waals surface area contributed by atoms with Gasteiger partial charge in [-0.25, -0.2) is 9.78 Å². The highest BCUT2D eigenvalue weighted by Crippen LogP contribution is 2.56. The van der Waals surface area contributed by atoms with Crippen LogP contribution in [0.15, 0.2) is 18.2 Å². The molecule has 0 amide bonds. The van der Waals surface area contributed by atoms with E-state index in [0.717, 1.165) is 0 Å². The lowest BCUT2D eigenvalue weighted by Crippen LogP contribution is -2.27. The van der Waals surface area contributed by atoms with Crippen LogP contribution in [0.1, 0.15) is 49.0 Å². The Balaban J connectivity index is 1.62. The zero-order chi connectivity index (χ0) is 12.6. The third-order valence-electron chi connectivity index (χ3n) is 4.32. The molecule has 18 heavy (non-hydrogen) atoms. The van der Waals surface area contributed by atoms with Crippen molar-refractivity contribution in [2.45, 2.75) is 44.6 Å². The predicted octanol–water partition coefficient (Wildman–Crippen LogP) is 2.91. The number of carboxylic acid groups (broad SMARTS) is 1. The van der Waals surface area contributed by atoms with Gasteiger partial charge in [0.25, 0.3) is 0 Å². The third kappa shape index (κ3) is 2.33. The molecule has 3 rings (SSSR count). The molecular weight excluding hydrogens is 228 g/mol. The smallest absolute Gasteiger partial charge is 0.354 e. The highest BCUT2D eigenvalue weighted by molar-refractivity contribution is 5.85. The minimum absolute atomic E-state index is 0.106. The van der Waals surface area contributed by atoms with E-state index in [-0.39, 0.29) is 5.69 Å². The lowest BCUT2D eigenvalue weighted by atomic mass is 9.83. The van der Waals surface area contributed by atoms with Gasteiger partial charge in [-0.05, 0) is 56.1 Å². The first-order chi connectivity index (χ1) is 8.67. The van der Waals surface area contributed by atoms with Gasteiger partial charge in [0.05, 0.1) is 0 Å². The second kappa shape index (κ2) is 4.26. The first-order valence-corrected chi connectivity index (χ1v) is 6.64.